The summed E-state index contributed by atoms with van der Waals surface area (Å²) in [4.78, 5) is 17.0. The quantitative estimate of drug-likeness (QED) is 0.832. The van der Waals surface area contributed by atoms with Gasteiger partial charge in [0.1, 0.15) is 10.9 Å². The van der Waals surface area contributed by atoms with E-state index >= 15 is 0 Å². The van der Waals surface area contributed by atoms with E-state index in [0.717, 1.165) is 23.9 Å². The van der Waals surface area contributed by atoms with E-state index in [0.29, 0.717) is 5.92 Å². The summed E-state index contributed by atoms with van der Waals surface area (Å²) in [6.07, 6.45) is 4.15. The SMILES string of the molecule is CSc1nc(C(C)(C)C23CNCC2C3C(N)=O)n2cccc(C)c12. The van der Waals surface area contributed by atoms with Gasteiger partial charge in [-0.2, -0.15) is 0 Å². The lowest BCUT2D eigenvalue weighted by Gasteiger charge is -2.33. The van der Waals surface area contributed by atoms with Crippen LogP contribution in [0.2, 0.25) is 0 Å². The lowest BCUT2D eigenvalue weighted by molar-refractivity contribution is -0.120. The van der Waals surface area contributed by atoms with Crippen molar-refractivity contribution in [3.8, 4) is 0 Å². The van der Waals surface area contributed by atoms with Crippen LogP contribution in [0.4, 0.5) is 0 Å². The molecule has 2 aromatic heterocycles. The van der Waals surface area contributed by atoms with Gasteiger partial charge in [0.05, 0.1) is 11.4 Å². The predicted molar refractivity (Wildman–Crippen MR) is 96.2 cm³/mol. The third kappa shape index (κ3) is 1.76. The first-order chi connectivity index (χ1) is 11.4. The first-order valence-electron chi connectivity index (χ1n) is 8.38. The number of rotatable bonds is 4. The number of piperidine rings is 1. The maximum atomic E-state index is 12.0. The molecule has 0 aromatic carbocycles. The van der Waals surface area contributed by atoms with Crippen LogP contribution < -0.4 is 11.1 Å². The maximum Gasteiger partial charge on any atom is 0.221 e. The number of nitrogens with zero attached hydrogens (tertiary/aromatic N) is 2. The molecule has 0 spiro atoms. The van der Waals surface area contributed by atoms with Crippen LogP contribution in [0.5, 0.6) is 0 Å². The molecule has 1 saturated heterocycles. The number of carbonyl (C=O) groups is 1. The largest absolute Gasteiger partial charge is 0.369 e. The molecule has 3 N–H and O–H groups in total. The summed E-state index contributed by atoms with van der Waals surface area (Å²) >= 11 is 1.67. The number of fused-ring (bicyclic) bond motifs is 2. The first kappa shape index (κ1) is 16.0. The molecule has 2 aliphatic rings. The highest BCUT2D eigenvalue weighted by atomic mass is 32.2. The number of aromatic nitrogens is 2. The van der Waals surface area contributed by atoms with Crippen molar-refractivity contribution in [2.75, 3.05) is 19.3 Å². The van der Waals surface area contributed by atoms with Gasteiger partial charge in [-0.15, -0.1) is 11.8 Å². The number of primary amides is 1. The van der Waals surface area contributed by atoms with Gasteiger partial charge in [-0.05, 0) is 37.3 Å². The number of aryl methyl sites for hydroxylation is 1. The Bertz CT molecular complexity index is 843. The van der Waals surface area contributed by atoms with E-state index in [9.17, 15) is 4.79 Å². The molecule has 5 nitrogen and oxygen atoms in total. The van der Waals surface area contributed by atoms with Gasteiger partial charge in [0.25, 0.3) is 0 Å². The monoisotopic (exact) mass is 344 g/mol. The molecule has 3 heterocycles. The summed E-state index contributed by atoms with van der Waals surface area (Å²) in [6, 6.07) is 4.18. The molecule has 1 amide bonds. The Kier molecular flexibility index (Phi) is 3.32. The fraction of sp³-hybridized carbons (Fsp3) is 0.556. The number of nitrogens with one attached hydrogen (secondary N) is 1. The number of hydrogen-bond donors (Lipinski definition) is 2. The van der Waals surface area contributed by atoms with E-state index in [1.165, 1.54) is 11.1 Å². The Morgan fingerprint density at radius 3 is 2.92 bits per heavy atom. The molecular formula is C18H24N4OS. The van der Waals surface area contributed by atoms with Gasteiger partial charge in [-0.25, -0.2) is 4.98 Å². The smallest absolute Gasteiger partial charge is 0.221 e. The zero-order valence-corrected chi connectivity index (χ0v) is 15.4. The molecule has 128 valence electrons. The lowest BCUT2D eigenvalue weighted by atomic mass is 9.73. The Morgan fingerprint density at radius 1 is 1.54 bits per heavy atom. The molecule has 1 aliphatic heterocycles. The molecule has 3 unspecified atom stereocenters. The standard InChI is InChI=1S/C18H24N4OS/c1-10-6-5-7-22-13(10)15(24-4)21-16(22)17(2,3)18-9-20-8-11(18)12(18)14(19)23/h5-7,11-12,20H,8-9H2,1-4H3,(H2,19,23). The second kappa shape index (κ2) is 4.99. The topological polar surface area (TPSA) is 72.4 Å². The van der Waals surface area contributed by atoms with E-state index in [1.807, 2.05) is 0 Å². The van der Waals surface area contributed by atoms with Crippen LogP contribution in [-0.2, 0) is 10.2 Å². The van der Waals surface area contributed by atoms with Crippen molar-refractivity contribution in [3.63, 3.8) is 0 Å². The highest BCUT2D eigenvalue weighted by Gasteiger charge is 2.76. The van der Waals surface area contributed by atoms with Crippen molar-refractivity contribution in [1.29, 1.82) is 0 Å². The molecule has 2 aromatic rings. The molecule has 1 saturated carbocycles. The minimum atomic E-state index is -0.244. The van der Waals surface area contributed by atoms with Crippen molar-refractivity contribution < 1.29 is 4.79 Å². The van der Waals surface area contributed by atoms with Gasteiger partial charge in [0, 0.05) is 23.6 Å². The van der Waals surface area contributed by atoms with Crippen molar-refractivity contribution in [3.05, 3.63) is 29.7 Å². The Morgan fingerprint density at radius 2 is 2.29 bits per heavy atom. The maximum absolute atomic E-state index is 12.0. The van der Waals surface area contributed by atoms with Crippen LogP contribution in [-0.4, -0.2) is 34.6 Å². The van der Waals surface area contributed by atoms with E-state index in [2.05, 4.69) is 55.1 Å². The van der Waals surface area contributed by atoms with Gasteiger partial charge >= 0.3 is 0 Å². The third-order valence-electron chi connectivity index (χ3n) is 6.35. The number of hydrogen-bond acceptors (Lipinski definition) is 4. The van der Waals surface area contributed by atoms with Crippen molar-refractivity contribution in [2.45, 2.75) is 31.2 Å². The highest BCUT2D eigenvalue weighted by Crippen LogP contribution is 2.69. The summed E-state index contributed by atoms with van der Waals surface area (Å²) in [7, 11) is 0. The van der Waals surface area contributed by atoms with Gasteiger partial charge in [0.2, 0.25) is 5.91 Å². The van der Waals surface area contributed by atoms with E-state index in [4.69, 9.17) is 10.7 Å². The average molecular weight is 344 g/mol. The fourth-order valence-corrected chi connectivity index (χ4v) is 5.71. The van der Waals surface area contributed by atoms with E-state index in [1.54, 1.807) is 11.8 Å². The highest BCUT2D eigenvalue weighted by molar-refractivity contribution is 7.98. The minimum Gasteiger partial charge on any atom is -0.369 e. The zero-order chi connectivity index (χ0) is 17.3. The summed E-state index contributed by atoms with van der Waals surface area (Å²) in [6.45, 7) is 8.26. The summed E-state index contributed by atoms with van der Waals surface area (Å²) in [5.41, 5.74) is 7.74. The van der Waals surface area contributed by atoms with Gasteiger partial charge < -0.3 is 15.5 Å². The number of carbonyl (C=O) groups excluding carboxylic acids is 1. The minimum absolute atomic E-state index is 0.0522. The molecular weight excluding hydrogens is 320 g/mol. The third-order valence-corrected chi connectivity index (χ3v) is 7.02. The number of nitrogens with two attached hydrogens (primary N) is 1. The molecule has 3 atom stereocenters. The second-order valence-electron chi connectivity index (χ2n) is 7.64. The molecule has 6 heteroatoms. The van der Waals surface area contributed by atoms with Gasteiger partial charge in [-0.1, -0.05) is 19.9 Å². The van der Waals surface area contributed by atoms with E-state index in [-0.39, 0.29) is 22.7 Å². The Labute approximate surface area is 146 Å². The van der Waals surface area contributed by atoms with E-state index < -0.39 is 0 Å². The van der Waals surface area contributed by atoms with Crippen LogP contribution in [0, 0.1) is 24.2 Å². The van der Waals surface area contributed by atoms with Crippen LogP contribution in [0.15, 0.2) is 23.4 Å². The normalized spacial score (nSPS) is 29.0. The number of thioether (sulfide) groups is 1. The first-order valence-corrected chi connectivity index (χ1v) is 9.61. The lowest BCUT2D eigenvalue weighted by Crippen LogP contribution is -2.41. The summed E-state index contributed by atoms with van der Waals surface area (Å²) < 4.78 is 2.21. The number of pyridine rings is 1. The molecule has 0 radical (unpaired) electrons. The molecule has 1 aliphatic carbocycles. The zero-order valence-electron chi connectivity index (χ0n) is 14.6. The summed E-state index contributed by atoms with van der Waals surface area (Å²) in [5.74, 6) is 1.13. The number of amides is 1. The van der Waals surface area contributed by atoms with Crippen molar-refractivity contribution in [1.82, 2.24) is 14.7 Å². The molecule has 24 heavy (non-hydrogen) atoms. The van der Waals surface area contributed by atoms with Gasteiger partial charge in [-0.3, -0.25) is 4.79 Å². The average Bonchev–Trinajstić information content (AvgIpc) is 2.85. The molecule has 0 bridgehead atoms. The fourth-order valence-electron chi connectivity index (χ4n) is 5.08. The Hall–Kier alpha value is -1.53. The van der Waals surface area contributed by atoms with Crippen LogP contribution in [0.3, 0.4) is 0 Å². The van der Waals surface area contributed by atoms with Crippen LogP contribution in [0.1, 0.15) is 25.2 Å². The summed E-state index contributed by atoms with van der Waals surface area (Å²) in [5, 5.41) is 4.50. The molecule has 4 rings (SSSR count). The van der Waals surface area contributed by atoms with Crippen LogP contribution in [0.25, 0.3) is 5.52 Å². The molecule has 2 fully saturated rings. The van der Waals surface area contributed by atoms with Crippen molar-refractivity contribution in [2.24, 2.45) is 23.0 Å². The number of imidazole rings is 1. The Balaban J connectivity index is 1.91. The van der Waals surface area contributed by atoms with Crippen molar-refractivity contribution >= 4 is 23.2 Å². The second-order valence-corrected chi connectivity index (χ2v) is 8.43. The van der Waals surface area contributed by atoms with Crippen LogP contribution >= 0.6 is 11.8 Å². The predicted octanol–water partition coefficient (Wildman–Crippen LogP) is 1.96. The van der Waals surface area contributed by atoms with Gasteiger partial charge in [0.15, 0.2) is 0 Å².